The third-order valence-electron chi connectivity index (χ3n) is 3.72. The van der Waals surface area contributed by atoms with Crippen LogP contribution in [0, 0.1) is 13.8 Å². The van der Waals surface area contributed by atoms with Crippen molar-refractivity contribution in [1.29, 1.82) is 0 Å². The van der Waals surface area contributed by atoms with E-state index in [1.807, 2.05) is 43.5 Å². The molecule has 2 heterocycles. The van der Waals surface area contributed by atoms with Gasteiger partial charge < -0.3 is 14.8 Å². The molecule has 0 saturated heterocycles. The number of methoxy groups -OCH3 is 2. The maximum absolute atomic E-state index is 12.2. The number of thioether (sulfide) groups is 1. The van der Waals surface area contributed by atoms with Gasteiger partial charge in [0, 0.05) is 22.3 Å². The highest BCUT2D eigenvalue weighted by Crippen LogP contribution is 2.33. The maximum Gasteiger partial charge on any atom is 0.236 e. The van der Waals surface area contributed by atoms with Gasteiger partial charge in [-0.2, -0.15) is 0 Å². The fourth-order valence-corrected chi connectivity index (χ4v) is 3.99. The molecule has 0 unspecified atom stereocenters. The lowest BCUT2D eigenvalue weighted by molar-refractivity contribution is -0.113. The Kier molecular flexibility index (Phi) is 6.48. The number of carbonyl (C=O) groups excluding carboxylic acids is 1. The Balaban J connectivity index is 1.63. The quantitative estimate of drug-likeness (QED) is 0.461. The summed E-state index contributed by atoms with van der Waals surface area (Å²) in [5.74, 6) is 1.35. The summed E-state index contributed by atoms with van der Waals surface area (Å²) in [5.41, 5.74) is 3.41. The molecular formula is C19H20N4O3S2. The number of ether oxygens (including phenoxy) is 2. The minimum absolute atomic E-state index is 0.152. The summed E-state index contributed by atoms with van der Waals surface area (Å²) >= 11 is 2.67. The lowest BCUT2D eigenvalue weighted by atomic mass is 10.1. The number of rotatable bonds is 7. The molecule has 3 rings (SSSR count). The van der Waals surface area contributed by atoms with Gasteiger partial charge in [-0.15, -0.1) is 11.3 Å². The molecule has 0 spiro atoms. The van der Waals surface area contributed by atoms with Gasteiger partial charge in [0.25, 0.3) is 0 Å². The average Bonchev–Trinajstić information content (AvgIpc) is 3.13. The molecule has 1 amide bonds. The Labute approximate surface area is 171 Å². The minimum Gasteiger partial charge on any atom is -0.493 e. The van der Waals surface area contributed by atoms with Gasteiger partial charge in [0.05, 0.1) is 25.7 Å². The molecule has 1 N–H and O–H groups in total. The van der Waals surface area contributed by atoms with Crippen molar-refractivity contribution in [1.82, 2.24) is 15.0 Å². The van der Waals surface area contributed by atoms with Crippen LogP contribution in [0.1, 0.15) is 11.4 Å². The first-order valence-corrected chi connectivity index (χ1v) is 10.3. The summed E-state index contributed by atoms with van der Waals surface area (Å²) in [5, 5.41) is 5.84. The number of aryl methyl sites for hydroxylation is 2. The number of hydrogen-bond donors (Lipinski definition) is 1. The predicted octanol–water partition coefficient (Wildman–Crippen LogP) is 3.96. The van der Waals surface area contributed by atoms with Crippen LogP contribution >= 0.6 is 23.1 Å². The van der Waals surface area contributed by atoms with Crippen LogP contribution in [0.3, 0.4) is 0 Å². The van der Waals surface area contributed by atoms with Crippen LogP contribution in [0.2, 0.25) is 0 Å². The van der Waals surface area contributed by atoms with E-state index in [2.05, 4.69) is 20.3 Å². The normalized spacial score (nSPS) is 10.6. The Morgan fingerprint density at radius 2 is 1.79 bits per heavy atom. The van der Waals surface area contributed by atoms with E-state index < -0.39 is 0 Å². The van der Waals surface area contributed by atoms with E-state index in [0.717, 1.165) is 22.6 Å². The maximum atomic E-state index is 12.2. The SMILES string of the molecule is COc1ccc(-c2csc(NC(=O)CSc3nc(C)cc(C)n3)n2)cc1OC. The molecule has 9 heteroatoms. The fourth-order valence-electron chi connectivity index (χ4n) is 2.50. The lowest BCUT2D eigenvalue weighted by Gasteiger charge is -2.08. The number of nitrogens with zero attached hydrogens (tertiary/aromatic N) is 3. The van der Waals surface area contributed by atoms with Crippen LogP contribution in [0.4, 0.5) is 5.13 Å². The fraction of sp³-hybridized carbons (Fsp3) is 0.263. The molecule has 0 fully saturated rings. The molecule has 0 aliphatic rings. The van der Waals surface area contributed by atoms with Gasteiger partial charge in [0.1, 0.15) is 0 Å². The van der Waals surface area contributed by atoms with Crippen molar-refractivity contribution < 1.29 is 14.3 Å². The highest BCUT2D eigenvalue weighted by atomic mass is 32.2. The first-order chi connectivity index (χ1) is 13.5. The molecule has 146 valence electrons. The molecule has 7 nitrogen and oxygen atoms in total. The summed E-state index contributed by atoms with van der Waals surface area (Å²) in [7, 11) is 3.18. The van der Waals surface area contributed by atoms with Crippen LogP contribution < -0.4 is 14.8 Å². The zero-order chi connectivity index (χ0) is 20.1. The summed E-state index contributed by atoms with van der Waals surface area (Å²) < 4.78 is 10.6. The van der Waals surface area contributed by atoms with E-state index >= 15 is 0 Å². The Morgan fingerprint density at radius 3 is 2.46 bits per heavy atom. The molecule has 0 atom stereocenters. The van der Waals surface area contributed by atoms with Crippen LogP contribution in [-0.4, -0.2) is 40.8 Å². The second-order valence-electron chi connectivity index (χ2n) is 5.88. The third-order valence-corrected chi connectivity index (χ3v) is 5.33. The zero-order valence-corrected chi connectivity index (χ0v) is 17.6. The van der Waals surface area contributed by atoms with Gasteiger partial charge in [-0.3, -0.25) is 4.79 Å². The van der Waals surface area contributed by atoms with E-state index in [1.54, 1.807) is 14.2 Å². The lowest BCUT2D eigenvalue weighted by Crippen LogP contribution is -2.14. The zero-order valence-electron chi connectivity index (χ0n) is 16.0. The summed E-state index contributed by atoms with van der Waals surface area (Å²) in [6, 6.07) is 7.48. The highest BCUT2D eigenvalue weighted by molar-refractivity contribution is 7.99. The van der Waals surface area contributed by atoms with Crippen LogP contribution in [-0.2, 0) is 4.79 Å². The second-order valence-corrected chi connectivity index (χ2v) is 7.68. The number of amides is 1. The summed E-state index contributed by atoms with van der Waals surface area (Å²) in [6.45, 7) is 3.81. The molecule has 0 aliphatic heterocycles. The van der Waals surface area contributed by atoms with Crippen LogP contribution in [0.5, 0.6) is 11.5 Å². The van der Waals surface area contributed by atoms with Crippen molar-refractivity contribution in [3.05, 3.63) is 41.0 Å². The average molecular weight is 417 g/mol. The molecule has 2 aromatic heterocycles. The van der Waals surface area contributed by atoms with E-state index in [9.17, 15) is 4.79 Å². The number of anilines is 1. The number of benzene rings is 1. The van der Waals surface area contributed by atoms with Gasteiger partial charge in [0.2, 0.25) is 5.91 Å². The summed E-state index contributed by atoms with van der Waals surface area (Å²) in [6.07, 6.45) is 0. The number of hydrogen-bond acceptors (Lipinski definition) is 8. The van der Waals surface area contributed by atoms with E-state index in [-0.39, 0.29) is 11.7 Å². The van der Waals surface area contributed by atoms with Crippen molar-refractivity contribution in [3.63, 3.8) is 0 Å². The number of thiazole rings is 1. The minimum atomic E-state index is -0.152. The molecule has 0 saturated carbocycles. The molecule has 3 aromatic rings. The van der Waals surface area contributed by atoms with Crippen molar-refractivity contribution in [2.24, 2.45) is 0 Å². The monoisotopic (exact) mass is 416 g/mol. The van der Waals surface area contributed by atoms with Gasteiger partial charge >= 0.3 is 0 Å². The van der Waals surface area contributed by atoms with Crippen LogP contribution in [0.25, 0.3) is 11.3 Å². The number of carbonyl (C=O) groups is 1. The summed E-state index contributed by atoms with van der Waals surface area (Å²) in [4.78, 5) is 25.4. The second kappa shape index (κ2) is 9.03. The molecule has 0 bridgehead atoms. The first-order valence-electron chi connectivity index (χ1n) is 8.41. The van der Waals surface area contributed by atoms with Gasteiger partial charge in [0.15, 0.2) is 21.8 Å². The Bertz CT molecular complexity index is 971. The molecular weight excluding hydrogens is 396 g/mol. The van der Waals surface area contributed by atoms with Crippen molar-refractivity contribution >= 4 is 34.1 Å². The van der Waals surface area contributed by atoms with Gasteiger partial charge in [-0.05, 0) is 38.1 Å². The number of nitrogens with one attached hydrogen (secondary N) is 1. The van der Waals surface area contributed by atoms with E-state index in [1.165, 1.54) is 23.1 Å². The first kappa shape index (κ1) is 20.1. The Morgan fingerprint density at radius 1 is 1.07 bits per heavy atom. The predicted molar refractivity (Wildman–Crippen MR) is 112 cm³/mol. The third kappa shape index (κ3) is 4.99. The molecule has 1 aromatic carbocycles. The topological polar surface area (TPSA) is 86.2 Å². The van der Waals surface area contributed by atoms with Gasteiger partial charge in [-0.25, -0.2) is 15.0 Å². The van der Waals surface area contributed by atoms with Gasteiger partial charge in [-0.1, -0.05) is 11.8 Å². The van der Waals surface area contributed by atoms with Crippen molar-refractivity contribution in [2.75, 3.05) is 25.3 Å². The smallest absolute Gasteiger partial charge is 0.236 e. The highest BCUT2D eigenvalue weighted by Gasteiger charge is 2.12. The van der Waals surface area contributed by atoms with Crippen molar-refractivity contribution in [3.8, 4) is 22.8 Å². The number of aromatic nitrogens is 3. The standard InChI is InChI=1S/C19H20N4O3S2/c1-11-7-12(2)21-18(20-11)28-10-17(24)23-19-22-14(9-27-19)13-5-6-15(25-3)16(8-13)26-4/h5-9H,10H2,1-4H3,(H,22,23,24). The van der Waals surface area contributed by atoms with E-state index in [0.29, 0.717) is 21.8 Å². The Hall–Kier alpha value is -2.65. The van der Waals surface area contributed by atoms with Crippen molar-refractivity contribution in [2.45, 2.75) is 19.0 Å². The molecule has 0 aliphatic carbocycles. The van der Waals surface area contributed by atoms with E-state index in [4.69, 9.17) is 9.47 Å². The molecule has 0 radical (unpaired) electrons. The molecule has 28 heavy (non-hydrogen) atoms. The largest absolute Gasteiger partial charge is 0.493 e. The van der Waals surface area contributed by atoms with Crippen LogP contribution in [0.15, 0.2) is 34.8 Å².